The maximum Gasteiger partial charge on any atom is 0.373 e. The van der Waals surface area contributed by atoms with Crippen molar-refractivity contribution in [3.05, 3.63) is 30.0 Å². The van der Waals surface area contributed by atoms with Gasteiger partial charge in [0, 0.05) is 17.8 Å². The van der Waals surface area contributed by atoms with Crippen LogP contribution in [-0.2, 0) is 14.4 Å². The number of fused-ring (bicyclic) bond motifs is 1. The van der Waals surface area contributed by atoms with Gasteiger partial charge in [-0.05, 0) is 44.9 Å². The third-order valence-electron chi connectivity index (χ3n) is 4.93. The molecule has 1 heterocycles. The molecule has 28 heavy (non-hydrogen) atoms. The molecule has 0 unspecified atom stereocenters. The number of aryl methyl sites for hydroxylation is 1. The average Bonchev–Trinajstić information content (AvgIpc) is 2.64. The Kier molecular flexibility index (Phi) is 8.80. The third-order valence-corrected chi connectivity index (χ3v) is 4.93. The van der Waals surface area contributed by atoms with Crippen LogP contribution in [0.15, 0.2) is 24.3 Å². The Hall–Kier alpha value is -2.72. The first kappa shape index (κ1) is 23.3. The highest BCUT2D eigenvalue weighted by molar-refractivity contribution is 5.95. The van der Waals surface area contributed by atoms with Crippen molar-refractivity contribution < 1.29 is 19.1 Å². The summed E-state index contributed by atoms with van der Waals surface area (Å²) in [7, 11) is 0. The highest BCUT2D eigenvalue weighted by atomic mass is 16.5. The van der Waals surface area contributed by atoms with Gasteiger partial charge in [-0.15, -0.1) is 0 Å². The molecule has 2 rings (SSSR count). The zero-order chi connectivity index (χ0) is 21.3. The van der Waals surface area contributed by atoms with Gasteiger partial charge in [0.1, 0.15) is 18.1 Å². The van der Waals surface area contributed by atoms with Crippen molar-refractivity contribution in [2.75, 3.05) is 12.3 Å². The number of anilines is 1. The summed E-state index contributed by atoms with van der Waals surface area (Å²) in [5, 5.41) is 0.816. The monoisotopic (exact) mass is 386 g/mol. The molecule has 2 aromatic rings. The summed E-state index contributed by atoms with van der Waals surface area (Å²) in [5.41, 5.74) is 7.99. The molecule has 0 aliphatic rings. The number of nitrogens with two attached hydrogens (primary N) is 1. The van der Waals surface area contributed by atoms with Gasteiger partial charge in [0.25, 0.3) is 0 Å². The fraction of sp³-hybridized carbons (Fsp3) is 0.500. The van der Waals surface area contributed by atoms with Crippen molar-refractivity contribution in [3.63, 3.8) is 0 Å². The van der Waals surface area contributed by atoms with Crippen molar-refractivity contribution in [2.24, 2.45) is 11.3 Å². The Morgan fingerprint density at radius 1 is 1.25 bits per heavy atom. The second kappa shape index (κ2) is 10.6. The van der Waals surface area contributed by atoms with E-state index in [0.717, 1.165) is 29.4 Å². The minimum atomic E-state index is -0.530. The summed E-state index contributed by atoms with van der Waals surface area (Å²) in [4.78, 5) is 33.4. The van der Waals surface area contributed by atoms with Gasteiger partial charge >= 0.3 is 6.15 Å². The molecule has 0 aliphatic heterocycles. The summed E-state index contributed by atoms with van der Waals surface area (Å²) in [6.45, 7) is 10.4. The van der Waals surface area contributed by atoms with Gasteiger partial charge in [0.05, 0.1) is 16.3 Å². The minimum absolute atomic E-state index is 0.250. The summed E-state index contributed by atoms with van der Waals surface area (Å²) < 4.78 is 6.03. The lowest BCUT2D eigenvalue weighted by molar-refractivity contribution is -0.191. The van der Waals surface area contributed by atoms with Crippen LogP contribution in [-0.4, -0.2) is 23.5 Å². The van der Waals surface area contributed by atoms with Crippen LogP contribution in [0.4, 0.5) is 5.69 Å². The Bertz CT molecular complexity index is 836. The number of carbonyl (C=O) groups excluding carboxylic acids is 3. The van der Waals surface area contributed by atoms with Crippen molar-refractivity contribution >= 4 is 28.5 Å². The van der Waals surface area contributed by atoms with E-state index in [1.54, 1.807) is 0 Å². The molecule has 0 fully saturated rings. The number of hydrogen-bond acceptors (Lipinski definition) is 6. The molecule has 2 N–H and O–H groups in total. The van der Waals surface area contributed by atoms with Gasteiger partial charge in [0.15, 0.2) is 0 Å². The molecule has 6 nitrogen and oxygen atoms in total. The summed E-state index contributed by atoms with van der Waals surface area (Å²) in [6.07, 6.45) is 2.93. The van der Waals surface area contributed by atoms with Crippen molar-refractivity contribution in [2.45, 2.75) is 53.9 Å². The van der Waals surface area contributed by atoms with Crippen LogP contribution in [0.25, 0.3) is 10.9 Å². The second-order valence-electron chi connectivity index (χ2n) is 7.57. The summed E-state index contributed by atoms with van der Waals surface area (Å²) in [5.74, 6) is 1.39. The van der Waals surface area contributed by atoms with Gasteiger partial charge in [-0.2, -0.15) is 9.59 Å². The van der Waals surface area contributed by atoms with E-state index in [4.69, 9.17) is 20.1 Å². The van der Waals surface area contributed by atoms with Crippen LogP contribution >= 0.6 is 0 Å². The fourth-order valence-electron chi connectivity index (χ4n) is 3.00. The number of benzene rings is 1. The summed E-state index contributed by atoms with van der Waals surface area (Å²) in [6, 6.07) is 7.56. The highest BCUT2D eigenvalue weighted by Crippen LogP contribution is 2.32. The highest BCUT2D eigenvalue weighted by Gasteiger charge is 2.30. The van der Waals surface area contributed by atoms with E-state index in [2.05, 4.69) is 18.8 Å². The van der Waals surface area contributed by atoms with E-state index >= 15 is 0 Å². The van der Waals surface area contributed by atoms with E-state index in [1.807, 2.05) is 45.0 Å². The van der Waals surface area contributed by atoms with Gasteiger partial charge in [-0.1, -0.05) is 32.8 Å². The number of ketones is 1. The molecule has 152 valence electrons. The molecule has 0 saturated heterocycles. The molecule has 1 aromatic carbocycles. The largest absolute Gasteiger partial charge is 0.492 e. The number of pyridine rings is 1. The van der Waals surface area contributed by atoms with E-state index in [1.165, 1.54) is 0 Å². The molecule has 0 aliphatic carbocycles. The van der Waals surface area contributed by atoms with Crippen molar-refractivity contribution in [1.29, 1.82) is 0 Å². The SMILES string of the molecule is CCC(CC)CC(=O)C(C)(C)COc1cccc2nc(C)cc(N)c12.O=C=O. The van der Waals surface area contributed by atoms with E-state index in [9.17, 15) is 4.79 Å². The number of Topliss-reactive ketones (excluding diaryl/α,β-unsaturated/α-hetero) is 1. The molecule has 1 aromatic heterocycles. The van der Waals surface area contributed by atoms with Gasteiger partial charge in [-0.25, -0.2) is 0 Å². The quantitative estimate of drug-likeness (QED) is 0.724. The van der Waals surface area contributed by atoms with Crippen LogP contribution in [0.2, 0.25) is 0 Å². The Morgan fingerprint density at radius 2 is 1.86 bits per heavy atom. The van der Waals surface area contributed by atoms with Crippen LogP contribution in [0.3, 0.4) is 0 Å². The second-order valence-corrected chi connectivity index (χ2v) is 7.57. The van der Waals surface area contributed by atoms with E-state index in [0.29, 0.717) is 30.4 Å². The lowest BCUT2D eigenvalue weighted by Crippen LogP contribution is -2.32. The number of carbonyl (C=O) groups is 1. The Morgan fingerprint density at radius 3 is 2.43 bits per heavy atom. The lowest BCUT2D eigenvalue weighted by atomic mass is 9.82. The van der Waals surface area contributed by atoms with Gasteiger partial charge in [0.2, 0.25) is 0 Å². The Labute approximate surface area is 166 Å². The van der Waals surface area contributed by atoms with Crippen LogP contribution in [0.5, 0.6) is 5.75 Å². The molecule has 0 amide bonds. The first-order chi connectivity index (χ1) is 13.2. The van der Waals surface area contributed by atoms with Crippen LogP contribution in [0, 0.1) is 18.3 Å². The number of rotatable bonds is 8. The Balaban J connectivity index is 0.00000122. The van der Waals surface area contributed by atoms with Crippen LogP contribution < -0.4 is 10.5 Å². The van der Waals surface area contributed by atoms with E-state index in [-0.39, 0.29) is 11.9 Å². The number of hydrogen-bond donors (Lipinski definition) is 1. The topological polar surface area (TPSA) is 99.3 Å². The first-order valence-corrected chi connectivity index (χ1v) is 9.51. The smallest absolute Gasteiger partial charge is 0.373 e. The normalized spacial score (nSPS) is 10.9. The maximum atomic E-state index is 12.7. The van der Waals surface area contributed by atoms with Gasteiger partial charge in [-0.3, -0.25) is 9.78 Å². The number of ether oxygens (including phenoxy) is 1. The summed E-state index contributed by atoms with van der Waals surface area (Å²) >= 11 is 0. The number of nitrogens with zero attached hydrogens (tertiary/aromatic N) is 1. The average molecular weight is 386 g/mol. The molecular weight excluding hydrogens is 356 g/mol. The van der Waals surface area contributed by atoms with Crippen LogP contribution in [0.1, 0.15) is 52.7 Å². The van der Waals surface area contributed by atoms with Gasteiger partial charge < -0.3 is 10.5 Å². The molecule has 6 heteroatoms. The third kappa shape index (κ3) is 6.17. The molecule has 0 saturated carbocycles. The first-order valence-electron chi connectivity index (χ1n) is 9.51. The lowest BCUT2D eigenvalue weighted by Gasteiger charge is -2.26. The zero-order valence-electron chi connectivity index (χ0n) is 17.4. The predicted molar refractivity (Wildman–Crippen MR) is 109 cm³/mol. The zero-order valence-corrected chi connectivity index (χ0v) is 17.4. The van der Waals surface area contributed by atoms with Crippen molar-refractivity contribution in [3.8, 4) is 5.75 Å². The van der Waals surface area contributed by atoms with E-state index < -0.39 is 5.41 Å². The minimum Gasteiger partial charge on any atom is -0.492 e. The molecule has 0 radical (unpaired) electrons. The maximum absolute atomic E-state index is 12.7. The fourth-order valence-corrected chi connectivity index (χ4v) is 3.00. The molecule has 0 bridgehead atoms. The molecule has 0 atom stereocenters. The van der Waals surface area contributed by atoms with Crippen molar-refractivity contribution in [1.82, 2.24) is 4.98 Å². The number of nitrogen functional groups attached to an aromatic ring is 1. The molecular formula is C22H30N2O4. The standard InChI is InChI=1S/C21H30N2O2.CO2/c1-6-15(7-2)12-19(24)21(4,5)13-25-18-10-8-9-17-20(18)16(22)11-14(3)23-17;2-1-3/h8-11,15H,6-7,12-13H2,1-5H3,(H2,22,23);. The predicted octanol–water partition coefficient (Wildman–Crippen LogP) is 4.34. The molecule has 0 spiro atoms. The number of aromatic nitrogens is 1.